The summed E-state index contributed by atoms with van der Waals surface area (Å²) >= 11 is 0. The van der Waals surface area contributed by atoms with Crippen molar-refractivity contribution in [3.8, 4) is 39.1 Å². The molecule has 9 aromatic carbocycles. The predicted octanol–water partition coefficient (Wildman–Crippen LogP) is 15.0. The third-order valence-electron chi connectivity index (χ3n) is 12.2. The number of anilines is 3. The number of hydrogen-bond donors (Lipinski definition) is 0. The molecule has 0 unspecified atom stereocenters. The molecule has 0 spiro atoms. The Hall–Kier alpha value is -7.16. The van der Waals surface area contributed by atoms with E-state index in [-0.39, 0.29) is 5.41 Å². The van der Waals surface area contributed by atoms with E-state index in [2.05, 4.69) is 230 Å². The first-order valence-corrected chi connectivity index (χ1v) is 19.9. The molecule has 0 amide bonds. The average Bonchev–Trinajstić information content (AvgIpc) is 3.73. The number of fused-ring (bicyclic) bond motifs is 7. The monoisotopic (exact) mass is 728 g/mol. The minimum absolute atomic E-state index is 0.141. The minimum Gasteiger partial charge on any atom is -0.309 e. The van der Waals surface area contributed by atoms with Crippen LogP contribution >= 0.6 is 0 Å². The second-order valence-electron chi connectivity index (χ2n) is 15.7. The van der Waals surface area contributed by atoms with Gasteiger partial charge in [0.2, 0.25) is 0 Å². The molecule has 0 bridgehead atoms. The number of hydrogen-bond acceptors (Lipinski definition) is 1. The van der Waals surface area contributed by atoms with Gasteiger partial charge in [0.05, 0.1) is 28.1 Å². The minimum atomic E-state index is -0.141. The maximum Gasteiger partial charge on any atom is 0.0547 e. The lowest BCUT2D eigenvalue weighted by Crippen LogP contribution is -2.16. The van der Waals surface area contributed by atoms with Crippen LogP contribution in [0.3, 0.4) is 0 Å². The second kappa shape index (κ2) is 13.0. The van der Waals surface area contributed by atoms with Crippen LogP contribution in [0.25, 0.3) is 71.6 Å². The van der Waals surface area contributed by atoms with Gasteiger partial charge < -0.3 is 9.47 Å². The molecule has 0 fully saturated rings. The highest BCUT2D eigenvalue weighted by molar-refractivity contribution is 6.12. The topological polar surface area (TPSA) is 8.17 Å². The average molecular weight is 729 g/mol. The fraction of sp³-hybridized carbons (Fsp3) is 0.0545. The van der Waals surface area contributed by atoms with E-state index in [1.807, 2.05) is 0 Å². The van der Waals surface area contributed by atoms with Crippen molar-refractivity contribution in [2.75, 3.05) is 4.90 Å². The van der Waals surface area contributed by atoms with Crippen molar-refractivity contribution in [2.24, 2.45) is 0 Å². The van der Waals surface area contributed by atoms with Crippen molar-refractivity contribution < 1.29 is 0 Å². The Balaban J connectivity index is 1.25. The Bertz CT molecular complexity index is 3110. The van der Waals surface area contributed by atoms with Crippen molar-refractivity contribution in [2.45, 2.75) is 19.3 Å². The van der Waals surface area contributed by atoms with Gasteiger partial charge in [-0.15, -0.1) is 0 Å². The molecule has 1 aromatic heterocycles. The smallest absolute Gasteiger partial charge is 0.0547 e. The third-order valence-corrected chi connectivity index (χ3v) is 12.2. The maximum atomic E-state index is 2.52. The summed E-state index contributed by atoms with van der Waals surface area (Å²) in [5.74, 6) is 0. The van der Waals surface area contributed by atoms with Crippen molar-refractivity contribution in [3.05, 3.63) is 217 Å². The molecule has 1 heterocycles. The van der Waals surface area contributed by atoms with Gasteiger partial charge >= 0.3 is 0 Å². The van der Waals surface area contributed by atoms with Crippen molar-refractivity contribution in [3.63, 3.8) is 0 Å². The molecular formula is C55H40N2. The Labute approximate surface area is 333 Å². The van der Waals surface area contributed by atoms with Crippen LogP contribution in [0, 0.1) is 0 Å². The van der Waals surface area contributed by atoms with Crippen LogP contribution in [0.2, 0.25) is 0 Å². The molecule has 0 radical (unpaired) electrons. The second-order valence-corrected chi connectivity index (χ2v) is 15.7. The lowest BCUT2D eigenvalue weighted by Gasteiger charge is -2.31. The van der Waals surface area contributed by atoms with Gasteiger partial charge in [0.25, 0.3) is 0 Å². The summed E-state index contributed by atoms with van der Waals surface area (Å²) < 4.78 is 2.47. The van der Waals surface area contributed by atoms with E-state index in [1.165, 1.54) is 82.8 Å². The number of benzene rings is 9. The van der Waals surface area contributed by atoms with Crippen LogP contribution in [0.4, 0.5) is 17.1 Å². The van der Waals surface area contributed by atoms with E-state index in [1.54, 1.807) is 0 Å². The molecule has 1 aliphatic carbocycles. The van der Waals surface area contributed by atoms with Crippen molar-refractivity contribution in [1.29, 1.82) is 0 Å². The molecule has 0 N–H and O–H groups in total. The maximum absolute atomic E-state index is 2.52. The third kappa shape index (κ3) is 5.11. The summed E-state index contributed by atoms with van der Waals surface area (Å²) in [6.45, 7) is 4.73. The lowest BCUT2D eigenvalue weighted by atomic mass is 9.82. The summed E-state index contributed by atoms with van der Waals surface area (Å²) in [6.07, 6.45) is 0. The van der Waals surface area contributed by atoms with Crippen LogP contribution in [0.5, 0.6) is 0 Å². The molecule has 0 saturated carbocycles. The molecule has 1 aliphatic rings. The molecule has 2 heteroatoms. The van der Waals surface area contributed by atoms with Gasteiger partial charge in [0.15, 0.2) is 0 Å². The van der Waals surface area contributed by atoms with Crippen LogP contribution < -0.4 is 4.90 Å². The number of rotatable bonds is 6. The predicted molar refractivity (Wildman–Crippen MR) is 241 cm³/mol. The molecule has 2 nitrogen and oxygen atoms in total. The SMILES string of the molecule is CC1(C)c2ccccc2-c2c(N(c3cccc(-c4ccccc4)c3)c3ccccc3-c3c(-n4c5ccccc5c5ccccc54)ccc4ccccc34)cccc21. The van der Waals surface area contributed by atoms with Crippen molar-refractivity contribution in [1.82, 2.24) is 4.57 Å². The summed E-state index contributed by atoms with van der Waals surface area (Å²) in [4.78, 5) is 2.52. The molecule has 11 rings (SSSR count). The van der Waals surface area contributed by atoms with Crippen LogP contribution in [-0.2, 0) is 5.41 Å². The standard InChI is InChI=1S/C55H40N2/c1-55(2)46-28-12-8-26-44(46)54-47(55)29-17-33-51(54)56(40-22-16-21-39(36-40)37-18-4-3-5-19-37)50-32-15-11-27-45(50)53-41-23-7-6-20-38(41)34-35-52(53)57-48-30-13-9-24-42(48)43-25-10-14-31-49(43)57/h3-36H,1-2H3. The Morgan fingerprint density at radius 1 is 0.404 bits per heavy atom. The molecule has 57 heavy (non-hydrogen) atoms. The number of nitrogens with zero attached hydrogens (tertiary/aromatic N) is 2. The van der Waals surface area contributed by atoms with Gasteiger partial charge in [-0.1, -0.05) is 178 Å². The van der Waals surface area contributed by atoms with Gasteiger partial charge in [-0.3, -0.25) is 0 Å². The summed E-state index contributed by atoms with van der Waals surface area (Å²) in [5, 5.41) is 4.93. The van der Waals surface area contributed by atoms with E-state index >= 15 is 0 Å². The van der Waals surface area contributed by atoms with E-state index in [9.17, 15) is 0 Å². The molecular weight excluding hydrogens is 689 g/mol. The highest BCUT2D eigenvalue weighted by atomic mass is 15.1. The fourth-order valence-corrected chi connectivity index (χ4v) is 9.58. The molecule has 0 aliphatic heterocycles. The van der Waals surface area contributed by atoms with Crippen LogP contribution in [0.15, 0.2) is 206 Å². The van der Waals surface area contributed by atoms with Gasteiger partial charge in [0, 0.05) is 38.6 Å². The largest absolute Gasteiger partial charge is 0.309 e. The fourth-order valence-electron chi connectivity index (χ4n) is 9.58. The zero-order valence-corrected chi connectivity index (χ0v) is 32.0. The molecule has 270 valence electrons. The van der Waals surface area contributed by atoms with Crippen molar-refractivity contribution >= 4 is 49.6 Å². The summed E-state index contributed by atoms with van der Waals surface area (Å²) in [7, 11) is 0. The molecule has 0 atom stereocenters. The zero-order chi connectivity index (χ0) is 38.1. The van der Waals surface area contributed by atoms with Gasteiger partial charge in [-0.25, -0.2) is 0 Å². The van der Waals surface area contributed by atoms with Gasteiger partial charge in [-0.05, 0) is 81.1 Å². The Morgan fingerprint density at radius 2 is 0.982 bits per heavy atom. The van der Waals surface area contributed by atoms with E-state index in [4.69, 9.17) is 0 Å². The first-order chi connectivity index (χ1) is 28.1. The summed E-state index contributed by atoms with van der Waals surface area (Å²) in [5.41, 5.74) is 16.8. The van der Waals surface area contributed by atoms with Crippen LogP contribution in [-0.4, -0.2) is 4.57 Å². The van der Waals surface area contributed by atoms with Gasteiger partial charge in [0.1, 0.15) is 0 Å². The highest BCUT2D eigenvalue weighted by Gasteiger charge is 2.38. The molecule has 10 aromatic rings. The van der Waals surface area contributed by atoms with E-state index in [0.717, 1.165) is 17.1 Å². The first kappa shape index (κ1) is 33.2. The quantitative estimate of drug-likeness (QED) is 0.165. The van der Waals surface area contributed by atoms with E-state index in [0.29, 0.717) is 0 Å². The zero-order valence-electron chi connectivity index (χ0n) is 32.0. The van der Waals surface area contributed by atoms with Gasteiger partial charge in [-0.2, -0.15) is 0 Å². The highest BCUT2D eigenvalue weighted by Crippen LogP contribution is 2.55. The lowest BCUT2D eigenvalue weighted by molar-refractivity contribution is 0.660. The normalized spacial score (nSPS) is 12.9. The van der Waals surface area contributed by atoms with Crippen LogP contribution in [0.1, 0.15) is 25.0 Å². The molecule has 0 saturated heterocycles. The Morgan fingerprint density at radius 3 is 1.77 bits per heavy atom. The summed E-state index contributed by atoms with van der Waals surface area (Å²) in [6, 6.07) is 75.8. The Kier molecular flexibility index (Phi) is 7.55. The van der Waals surface area contributed by atoms with E-state index < -0.39 is 0 Å². The number of aromatic nitrogens is 1. The number of para-hydroxylation sites is 3. The first-order valence-electron chi connectivity index (χ1n) is 19.9.